The molecule has 1 aliphatic rings. The van der Waals surface area contributed by atoms with Crippen molar-refractivity contribution in [2.24, 2.45) is 0 Å². The van der Waals surface area contributed by atoms with E-state index in [4.69, 9.17) is 4.42 Å². The van der Waals surface area contributed by atoms with Crippen LogP contribution < -0.4 is 0 Å². The molecule has 2 aromatic carbocycles. The van der Waals surface area contributed by atoms with Gasteiger partial charge in [0.2, 0.25) is 0 Å². The lowest BCUT2D eigenvalue weighted by Crippen LogP contribution is -2.35. The molecule has 0 saturated heterocycles. The highest BCUT2D eigenvalue weighted by molar-refractivity contribution is 5.94. The molecule has 0 saturated carbocycles. The molecule has 1 amide bonds. The van der Waals surface area contributed by atoms with Crippen molar-refractivity contribution >= 4 is 18.1 Å². The van der Waals surface area contributed by atoms with Crippen molar-refractivity contribution in [2.75, 3.05) is 6.54 Å². The number of carbonyl (C=O) groups excluding carboxylic acids is 1. The molecule has 2 heterocycles. The second-order valence-electron chi connectivity index (χ2n) is 6.21. The van der Waals surface area contributed by atoms with Crippen molar-refractivity contribution in [3.05, 3.63) is 94.9 Å². The Balaban J connectivity index is 1.45. The lowest BCUT2D eigenvalue weighted by Gasteiger charge is -2.26. The van der Waals surface area contributed by atoms with Crippen LogP contribution in [-0.4, -0.2) is 17.4 Å². The second-order valence-corrected chi connectivity index (χ2v) is 6.21. The first-order chi connectivity index (χ1) is 12.3. The van der Waals surface area contributed by atoms with Crippen molar-refractivity contribution < 1.29 is 9.21 Å². The fourth-order valence-electron chi connectivity index (χ4n) is 3.09. The molecule has 0 atom stereocenters. The van der Waals surface area contributed by atoms with E-state index in [1.165, 1.54) is 5.56 Å². The molecule has 3 aromatic rings. The van der Waals surface area contributed by atoms with Crippen LogP contribution in [0.1, 0.15) is 32.8 Å². The Morgan fingerprint density at radius 2 is 1.64 bits per heavy atom. The first-order valence-electron chi connectivity index (χ1n) is 8.47. The largest absolute Gasteiger partial charge is 0.467 e. The van der Waals surface area contributed by atoms with Gasteiger partial charge < -0.3 is 9.32 Å². The van der Waals surface area contributed by atoms with Crippen LogP contribution >= 0.6 is 0 Å². The van der Waals surface area contributed by atoms with Crippen LogP contribution in [0.15, 0.2) is 71.3 Å². The molecule has 1 aliphatic heterocycles. The van der Waals surface area contributed by atoms with E-state index in [0.29, 0.717) is 12.1 Å². The van der Waals surface area contributed by atoms with E-state index in [-0.39, 0.29) is 5.91 Å². The van der Waals surface area contributed by atoms with Crippen molar-refractivity contribution in [1.82, 2.24) is 4.90 Å². The van der Waals surface area contributed by atoms with E-state index >= 15 is 0 Å². The Kier molecular flexibility index (Phi) is 4.21. The molecule has 3 nitrogen and oxygen atoms in total. The highest BCUT2D eigenvalue weighted by Gasteiger charge is 2.23. The number of furan rings is 1. The normalized spacial score (nSPS) is 13.8. The topological polar surface area (TPSA) is 33.5 Å². The first-order valence-corrected chi connectivity index (χ1v) is 8.47. The van der Waals surface area contributed by atoms with Crippen molar-refractivity contribution in [3.8, 4) is 0 Å². The van der Waals surface area contributed by atoms with Gasteiger partial charge >= 0.3 is 0 Å². The molecule has 0 N–H and O–H groups in total. The van der Waals surface area contributed by atoms with Gasteiger partial charge in [0.05, 0.1) is 12.8 Å². The van der Waals surface area contributed by atoms with Gasteiger partial charge in [0.25, 0.3) is 5.91 Å². The molecule has 0 aliphatic carbocycles. The second kappa shape index (κ2) is 6.81. The fourth-order valence-corrected chi connectivity index (χ4v) is 3.09. The Morgan fingerprint density at radius 1 is 0.920 bits per heavy atom. The van der Waals surface area contributed by atoms with E-state index in [1.54, 1.807) is 6.26 Å². The van der Waals surface area contributed by atoms with E-state index in [9.17, 15) is 4.79 Å². The zero-order valence-electron chi connectivity index (χ0n) is 13.9. The number of benzene rings is 2. The third-order valence-corrected chi connectivity index (χ3v) is 4.54. The molecule has 0 bridgehead atoms. The van der Waals surface area contributed by atoms with Crippen LogP contribution in [0.2, 0.25) is 0 Å². The van der Waals surface area contributed by atoms with Gasteiger partial charge in [-0.1, -0.05) is 54.6 Å². The number of amides is 1. The van der Waals surface area contributed by atoms with Crippen LogP contribution in [0.25, 0.3) is 12.2 Å². The maximum absolute atomic E-state index is 12.7. The minimum Gasteiger partial charge on any atom is -0.467 e. The van der Waals surface area contributed by atoms with Crippen molar-refractivity contribution in [2.45, 2.75) is 13.0 Å². The van der Waals surface area contributed by atoms with E-state index in [1.807, 2.05) is 53.4 Å². The highest BCUT2D eigenvalue weighted by Crippen LogP contribution is 2.21. The third-order valence-electron chi connectivity index (χ3n) is 4.54. The summed E-state index contributed by atoms with van der Waals surface area (Å²) < 4.78 is 5.46. The molecular formula is C22H19NO2. The SMILES string of the molecule is O=C(c1ccc(/C=C\c2ccccc2)cc1)N1CCc2ccoc2C1. The van der Waals surface area contributed by atoms with Gasteiger partial charge in [-0.25, -0.2) is 0 Å². The molecule has 1 aromatic heterocycles. The predicted molar refractivity (Wildman–Crippen MR) is 99.0 cm³/mol. The van der Waals surface area contributed by atoms with Gasteiger partial charge in [-0.15, -0.1) is 0 Å². The lowest BCUT2D eigenvalue weighted by atomic mass is 10.1. The summed E-state index contributed by atoms with van der Waals surface area (Å²) in [4.78, 5) is 14.5. The number of nitrogens with zero attached hydrogens (tertiary/aromatic N) is 1. The number of hydrogen-bond donors (Lipinski definition) is 0. The molecular weight excluding hydrogens is 310 g/mol. The number of rotatable bonds is 3. The number of hydrogen-bond acceptors (Lipinski definition) is 2. The highest BCUT2D eigenvalue weighted by atomic mass is 16.3. The van der Waals surface area contributed by atoms with Crippen LogP contribution in [0.4, 0.5) is 0 Å². The maximum atomic E-state index is 12.7. The molecule has 124 valence electrons. The van der Waals surface area contributed by atoms with Gasteiger partial charge in [-0.2, -0.15) is 0 Å². The molecule has 3 heteroatoms. The van der Waals surface area contributed by atoms with Crippen molar-refractivity contribution in [3.63, 3.8) is 0 Å². The molecule has 0 radical (unpaired) electrons. The van der Waals surface area contributed by atoms with Crippen LogP contribution in [0, 0.1) is 0 Å². The van der Waals surface area contributed by atoms with Gasteiger partial charge in [-0.3, -0.25) is 4.79 Å². The Hall–Kier alpha value is -3.07. The molecule has 0 unspecified atom stereocenters. The summed E-state index contributed by atoms with van der Waals surface area (Å²) in [5.74, 6) is 0.961. The lowest BCUT2D eigenvalue weighted by molar-refractivity contribution is 0.0720. The average Bonchev–Trinajstić information content (AvgIpc) is 3.15. The molecule has 4 rings (SSSR count). The first kappa shape index (κ1) is 15.5. The zero-order valence-corrected chi connectivity index (χ0v) is 13.9. The summed E-state index contributed by atoms with van der Waals surface area (Å²) in [5.41, 5.74) is 4.16. The summed E-state index contributed by atoms with van der Waals surface area (Å²) in [6.45, 7) is 1.29. The fraction of sp³-hybridized carbons (Fsp3) is 0.136. The minimum absolute atomic E-state index is 0.0561. The van der Waals surface area contributed by atoms with E-state index in [2.05, 4.69) is 24.3 Å². The van der Waals surface area contributed by atoms with Crippen LogP contribution in [0.5, 0.6) is 0 Å². The van der Waals surface area contributed by atoms with E-state index < -0.39 is 0 Å². The van der Waals surface area contributed by atoms with Gasteiger partial charge in [0, 0.05) is 12.1 Å². The van der Waals surface area contributed by atoms with Crippen LogP contribution in [0.3, 0.4) is 0 Å². The Morgan fingerprint density at radius 3 is 2.40 bits per heavy atom. The molecule has 0 spiro atoms. The zero-order chi connectivity index (χ0) is 17.1. The van der Waals surface area contributed by atoms with Gasteiger partial charge in [0.15, 0.2) is 0 Å². The average molecular weight is 329 g/mol. The summed E-state index contributed by atoms with van der Waals surface area (Å²) in [6.07, 6.45) is 6.68. The Bertz CT molecular complexity index is 891. The summed E-state index contributed by atoms with van der Waals surface area (Å²) in [6, 6.07) is 19.9. The monoisotopic (exact) mass is 329 g/mol. The predicted octanol–water partition coefficient (Wildman–Crippen LogP) is 4.65. The van der Waals surface area contributed by atoms with E-state index in [0.717, 1.165) is 29.9 Å². The standard InChI is InChI=1S/C22H19NO2/c24-22(23-14-12-19-13-15-25-21(19)16-23)20-10-8-18(9-11-20)7-6-17-4-2-1-3-5-17/h1-11,13,15H,12,14,16H2/b7-6-. The quantitative estimate of drug-likeness (QED) is 0.655. The third kappa shape index (κ3) is 3.41. The molecule has 0 fully saturated rings. The number of carbonyl (C=O) groups is 1. The summed E-state index contributed by atoms with van der Waals surface area (Å²) >= 11 is 0. The van der Waals surface area contributed by atoms with Gasteiger partial charge in [-0.05, 0) is 41.3 Å². The van der Waals surface area contributed by atoms with Crippen LogP contribution in [-0.2, 0) is 13.0 Å². The Labute approximate surface area is 147 Å². The van der Waals surface area contributed by atoms with Gasteiger partial charge in [0.1, 0.15) is 5.76 Å². The summed E-state index contributed by atoms with van der Waals surface area (Å²) in [7, 11) is 0. The molecule has 25 heavy (non-hydrogen) atoms. The number of fused-ring (bicyclic) bond motifs is 1. The smallest absolute Gasteiger partial charge is 0.254 e. The van der Waals surface area contributed by atoms with Crippen molar-refractivity contribution in [1.29, 1.82) is 0 Å². The summed E-state index contributed by atoms with van der Waals surface area (Å²) in [5, 5.41) is 0. The minimum atomic E-state index is 0.0561. The maximum Gasteiger partial charge on any atom is 0.254 e.